The van der Waals surface area contributed by atoms with E-state index in [1.807, 2.05) is 25.1 Å². The fraction of sp³-hybridized carbons (Fsp3) is 0.400. The van der Waals surface area contributed by atoms with Crippen LogP contribution in [0.2, 0.25) is 5.02 Å². The van der Waals surface area contributed by atoms with Crippen LogP contribution in [0.1, 0.15) is 12.5 Å². The van der Waals surface area contributed by atoms with Gasteiger partial charge in [-0.1, -0.05) is 23.7 Å². The zero-order valence-corrected chi connectivity index (χ0v) is 8.64. The highest BCUT2D eigenvalue weighted by molar-refractivity contribution is 6.32. The number of benzene rings is 1. The second-order valence-corrected chi connectivity index (χ2v) is 3.49. The van der Waals surface area contributed by atoms with E-state index in [9.17, 15) is 0 Å². The van der Waals surface area contributed by atoms with E-state index in [1.165, 1.54) is 0 Å². The molecule has 1 unspecified atom stereocenters. The molecule has 2 N–H and O–H groups in total. The Kier molecular flexibility index (Phi) is 3.58. The predicted octanol–water partition coefficient (Wildman–Crippen LogP) is 2.24. The zero-order valence-electron chi connectivity index (χ0n) is 7.88. The van der Waals surface area contributed by atoms with Crippen LogP contribution in [-0.2, 0) is 6.42 Å². The highest BCUT2D eigenvalue weighted by Crippen LogP contribution is 2.28. The van der Waals surface area contributed by atoms with Gasteiger partial charge in [-0.25, -0.2) is 0 Å². The summed E-state index contributed by atoms with van der Waals surface area (Å²) in [5, 5.41) is 0.669. The largest absolute Gasteiger partial charge is 0.495 e. The van der Waals surface area contributed by atoms with E-state index in [2.05, 4.69) is 0 Å². The standard InChI is InChI=1S/C10H14ClNO/c1-7(12)6-8-4-3-5-9(13-2)10(8)11/h3-5,7H,6,12H2,1-2H3. The molecule has 0 saturated carbocycles. The summed E-state index contributed by atoms with van der Waals surface area (Å²) >= 11 is 6.07. The van der Waals surface area contributed by atoms with Gasteiger partial charge < -0.3 is 10.5 Å². The topological polar surface area (TPSA) is 35.2 Å². The van der Waals surface area contributed by atoms with Gasteiger partial charge in [0.05, 0.1) is 12.1 Å². The normalized spacial score (nSPS) is 12.6. The van der Waals surface area contributed by atoms with Gasteiger partial charge in [-0.3, -0.25) is 0 Å². The lowest BCUT2D eigenvalue weighted by Gasteiger charge is -2.10. The molecule has 0 amide bonds. The maximum atomic E-state index is 6.07. The highest BCUT2D eigenvalue weighted by atomic mass is 35.5. The molecule has 0 aromatic heterocycles. The van der Waals surface area contributed by atoms with E-state index in [-0.39, 0.29) is 6.04 Å². The van der Waals surface area contributed by atoms with Crippen molar-refractivity contribution in [3.8, 4) is 5.75 Å². The first-order valence-corrected chi connectivity index (χ1v) is 4.60. The van der Waals surface area contributed by atoms with Crippen molar-refractivity contribution in [2.45, 2.75) is 19.4 Å². The second kappa shape index (κ2) is 4.49. The number of halogens is 1. The Labute approximate surface area is 83.6 Å². The van der Waals surface area contributed by atoms with Crippen molar-refractivity contribution in [2.75, 3.05) is 7.11 Å². The molecular weight excluding hydrogens is 186 g/mol. The summed E-state index contributed by atoms with van der Waals surface area (Å²) < 4.78 is 5.09. The first-order chi connectivity index (χ1) is 6.15. The summed E-state index contributed by atoms with van der Waals surface area (Å²) in [5.74, 6) is 0.708. The van der Waals surface area contributed by atoms with Gasteiger partial charge in [0.15, 0.2) is 0 Å². The van der Waals surface area contributed by atoms with Gasteiger partial charge in [-0.05, 0) is 25.0 Å². The maximum Gasteiger partial charge on any atom is 0.137 e. The lowest BCUT2D eigenvalue weighted by atomic mass is 10.1. The van der Waals surface area contributed by atoms with Crippen LogP contribution in [0.5, 0.6) is 5.75 Å². The van der Waals surface area contributed by atoms with Crippen LogP contribution in [0, 0.1) is 0 Å². The quantitative estimate of drug-likeness (QED) is 0.811. The van der Waals surface area contributed by atoms with Crippen LogP contribution in [0.15, 0.2) is 18.2 Å². The predicted molar refractivity (Wildman–Crippen MR) is 55.4 cm³/mol. The number of ether oxygens (including phenoxy) is 1. The third-order valence-electron chi connectivity index (χ3n) is 1.81. The molecular formula is C10H14ClNO. The minimum Gasteiger partial charge on any atom is -0.495 e. The summed E-state index contributed by atoms with van der Waals surface area (Å²) in [5.41, 5.74) is 6.72. The number of methoxy groups -OCH3 is 1. The zero-order chi connectivity index (χ0) is 9.84. The molecule has 0 aliphatic heterocycles. The van der Waals surface area contributed by atoms with Crippen molar-refractivity contribution < 1.29 is 4.74 Å². The first kappa shape index (κ1) is 10.4. The van der Waals surface area contributed by atoms with Crippen molar-refractivity contribution in [2.24, 2.45) is 5.73 Å². The molecule has 3 heteroatoms. The third-order valence-corrected chi connectivity index (χ3v) is 2.23. The van der Waals surface area contributed by atoms with Crippen molar-refractivity contribution in [3.63, 3.8) is 0 Å². The van der Waals surface area contributed by atoms with Crippen LogP contribution in [-0.4, -0.2) is 13.2 Å². The van der Waals surface area contributed by atoms with Crippen LogP contribution < -0.4 is 10.5 Å². The molecule has 0 spiro atoms. The Bertz CT molecular complexity index is 286. The minimum atomic E-state index is 0.115. The van der Waals surface area contributed by atoms with Crippen molar-refractivity contribution in [3.05, 3.63) is 28.8 Å². The Morgan fingerprint density at radius 1 is 1.54 bits per heavy atom. The van der Waals surface area contributed by atoms with Gasteiger partial charge in [0, 0.05) is 6.04 Å². The number of rotatable bonds is 3. The average molecular weight is 200 g/mol. The van der Waals surface area contributed by atoms with Crippen LogP contribution >= 0.6 is 11.6 Å². The van der Waals surface area contributed by atoms with Gasteiger partial charge in [0.1, 0.15) is 5.75 Å². The molecule has 72 valence electrons. The number of hydrogen-bond acceptors (Lipinski definition) is 2. The molecule has 0 bridgehead atoms. The molecule has 0 fully saturated rings. The second-order valence-electron chi connectivity index (χ2n) is 3.11. The molecule has 1 atom stereocenters. The van der Waals surface area contributed by atoms with E-state index >= 15 is 0 Å². The molecule has 0 saturated heterocycles. The van der Waals surface area contributed by atoms with Crippen molar-refractivity contribution in [1.29, 1.82) is 0 Å². The third kappa shape index (κ3) is 2.61. The molecule has 13 heavy (non-hydrogen) atoms. The summed E-state index contributed by atoms with van der Waals surface area (Å²) in [6.07, 6.45) is 0.774. The smallest absolute Gasteiger partial charge is 0.137 e. The average Bonchev–Trinajstić information content (AvgIpc) is 2.08. The molecule has 1 rings (SSSR count). The van der Waals surface area contributed by atoms with Crippen LogP contribution in [0.25, 0.3) is 0 Å². The SMILES string of the molecule is COc1cccc(CC(C)N)c1Cl. The Morgan fingerprint density at radius 3 is 2.77 bits per heavy atom. The maximum absolute atomic E-state index is 6.07. The molecule has 0 radical (unpaired) electrons. The minimum absolute atomic E-state index is 0.115. The van der Waals surface area contributed by atoms with E-state index in [4.69, 9.17) is 22.1 Å². The Hall–Kier alpha value is -0.730. The molecule has 0 heterocycles. The fourth-order valence-electron chi connectivity index (χ4n) is 1.22. The molecule has 0 aliphatic carbocycles. The van der Waals surface area contributed by atoms with Gasteiger partial charge in [-0.2, -0.15) is 0 Å². The van der Waals surface area contributed by atoms with E-state index in [0.29, 0.717) is 10.8 Å². The fourth-order valence-corrected chi connectivity index (χ4v) is 1.50. The monoisotopic (exact) mass is 199 g/mol. The van der Waals surface area contributed by atoms with E-state index in [0.717, 1.165) is 12.0 Å². The van der Waals surface area contributed by atoms with Crippen LogP contribution in [0.4, 0.5) is 0 Å². The van der Waals surface area contributed by atoms with Gasteiger partial charge >= 0.3 is 0 Å². The van der Waals surface area contributed by atoms with E-state index < -0.39 is 0 Å². The molecule has 2 nitrogen and oxygen atoms in total. The van der Waals surface area contributed by atoms with Gasteiger partial charge in [0.25, 0.3) is 0 Å². The lowest BCUT2D eigenvalue weighted by molar-refractivity contribution is 0.414. The molecule has 1 aromatic carbocycles. The summed E-state index contributed by atoms with van der Waals surface area (Å²) in [6, 6.07) is 5.84. The number of nitrogens with two attached hydrogens (primary N) is 1. The van der Waals surface area contributed by atoms with E-state index in [1.54, 1.807) is 7.11 Å². The molecule has 0 aliphatic rings. The summed E-state index contributed by atoms with van der Waals surface area (Å²) in [6.45, 7) is 1.95. The molecule has 1 aromatic rings. The van der Waals surface area contributed by atoms with Crippen molar-refractivity contribution in [1.82, 2.24) is 0 Å². The van der Waals surface area contributed by atoms with Crippen molar-refractivity contribution >= 4 is 11.6 Å². The van der Waals surface area contributed by atoms with Crippen LogP contribution in [0.3, 0.4) is 0 Å². The Morgan fingerprint density at radius 2 is 2.23 bits per heavy atom. The lowest BCUT2D eigenvalue weighted by Crippen LogP contribution is -2.17. The summed E-state index contributed by atoms with van der Waals surface area (Å²) in [7, 11) is 1.61. The summed E-state index contributed by atoms with van der Waals surface area (Å²) in [4.78, 5) is 0. The number of hydrogen-bond donors (Lipinski definition) is 1. The van der Waals surface area contributed by atoms with Gasteiger partial charge in [0.2, 0.25) is 0 Å². The highest BCUT2D eigenvalue weighted by Gasteiger charge is 2.07. The first-order valence-electron chi connectivity index (χ1n) is 4.22. The Balaban J connectivity index is 2.94. The van der Waals surface area contributed by atoms with Gasteiger partial charge in [-0.15, -0.1) is 0 Å².